The first-order valence-electron chi connectivity index (χ1n) is 9.96. The van der Waals surface area contributed by atoms with Gasteiger partial charge in [0.1, 0.15) is 11.3 Å². The Morgan fingerprint density at radius 2 is 1.83 bits per heavy atom. The molecule has 1 aliphatic rings. The van der Waals surface area contributed by atoms with Gasteiger partial charge in [-0.25, -0.2) is 8.78 Å². The first-order chi connectivity index (χ1) is 14.4. The number of hydrogen-bond donors (Lipinski definition) is 3. The number of aromatic nitrogens is 4. The molecule has 3 N–H and O–H groups in total. The summed E-state index contributed by atoms with van der Waals surface area (Å²) in [6.07, 6.45) is 1.73. The molecule has 30 heavy (non-hydrogen) atoms. The zero-order valence-electron chi connectivity index (χ0n) is 17.0. The predicted molar refractivity (Wildman–Crippen MR) is 114 cm³/mol. The number of hydrogen-bond acceptors (Lipinski definition) is 5. The molecule has 7 nitrogen and oxygen atoms in total. The highest BCUT2D eigenvalue weighted by atomic mass is 19.1. The average molecular weight is 411 g/mol. The molecule has 0 saturated carbocycles. The number of halogens is 2. The van der Waals surface area contributed by atoms with E-state index in [1.807, 2.05) is 6.07 Å². The third-order valence-corrected chi connectivity index (χ3v) is 5.46. The molecule has 0 radical (unpaired) electrons. The molecule has 1 saturated heterocycles. The van der Waals surface area contributed by atoms with Gasteiger partial charge in [-0.05, 0) is 38.1 Å². The van der Waals surface area contributed by atoms with Gasteiger partial charge in [0.2, 0.25) is 0 Å². The van der Waals surface area contributed by atoms with Crippen LogP contribution in [0.4, 0.5) is 26.0 Å². The minimum absolute atomic E-state index is 0.297. The Morgan fingerprint density at radius 3 is 2.60 bits per heavy atom. The third kappa shape index (κ3) is 3.24. The maximum Gasteiger partial charge on any atom is 0.163 e. The van der Waals surface area contributed by atoms with Crippen molar-refractivity contribution in [2.45, 2.75) is 25.9 Å². The summed E-state index contributed by atoms with van der Waals surface area (Å²) >= 11 is 0. The summed E-state index contributed by atoms with van der Waals surface area (Å²) in [5.41, 5.74) is 2.19. The highest BCUT2D eigenvalue weighted by Crippen LogP contribution is 2.32. The number of nitrogens with zero attached hydrogens (tertiary/aromatic N) is 4. The van der Waals surface area contributed by atoms with Gasteiger partial charge < -0.3 is 15.5 Å². The zero-order valence-corrected chi connectivity index (χ0v) is 17.0. The van der Waals surface area contributed by atoms with Crippen LogP contribution in [0.15, 0.2) is 30.5 Å². The maximum absolute atomic E-state index is 15.1. The average Bonchev–Trinajstić information content (AvgIpc) is 3.24. The van der Waals surface area contributed by atoms with Crippen molar-refractivity contribution >= 4 is 39.0 Å². The van der Waals surface area contributed by atoms with E-state index in [0.29, 0.717) is 45.4 Å². The van der Waals surface area contributed by atoms with Crippen molar-refractivity contribution in [3.63, 3.8) is 0 Å². The van der Waals surface area contributed by atoms with E-state index in [4.69, 9.17) is 0 Å². The highest BCUT2D eigenvalue weighted by molar-refractivity contribution is 5.95. The summed E-state index contributed by atoms with van der Waals surface area (Å²) in [6.45, 7) is 5.85. The monoisotopic (exact) mass is 411 g/mol. The van der Waals surface area contributed by atoms with Crippen LogP contribution in [0.2, 0.25) is 0 Å². The number of anilines is 3. The maximum atomic E-state index is 15.1. The SMILES string of the molecule is C[C@@H]1CN(c2cc(F)c3c(Nc4cc(F)c5nn(C)cc5c4)n[nH]c3c2)C[C@@H](C)N1. The Hall–Kier alpha value is -3.20. The van der Waals surface area contributed by atoms with Gasteiger partial charge in [-0.2, -0.15) is 10.2 Å². The number of aryl methyl sites for hydroxylation is 1. The Kier molecular flexibility index (Phi) is 4.35. The molecule has 2 aromatic carbocycles. The molecule has 0 spiro atoms. The summed E-state index contributed by atoms with van der Waals surface area (Å²) in [4.78, 5) is 2.17. The van der Waals surface area contributed by atoms with Gasteiger partial charge in [-0.15, -0.1) is 0 Å². The summed E-state index contributed by atoms with van der Waals surface area (Å²) in [5.74, 6) is -0.501. The molecule has 3 heterocycles. The van der Waals surface area contributed by atoms with Crippen molar-refractivity contribution in [1.29, 1.82) is 0 Å². The van der Waals surface area contributed by atoms with Gasteiger partial charge in [0.25, 0.3) is 0 Å². The summed E-state index contributed by atoms with van der Waals surface area (Å²) in [5, 5.41) is 18.8. The van der Waals surface area contributed by atoms with Gasteiger partial charge in [0, 0.05) is 55.2 Å². The van der Waals surface area contributed by atoms with Crippen molar-refractivity contribution in [2.75, 3.05) is 23.3 Å². The van der Waals surface area contributed by atoms with Crippen LogP contribution in [0.3, 0.4) is 0 Å². The lowest BCUT2D eigenvalue weighted by Crippen LogP contribution is -2.54. The Balaban J connectivity index is 1.49. The van der Waals surface area contributed by atoms with E-state index in [2.05, 4.69) is 44.7 Å². The van der Waals surface area contributed by atoms with Crippen LogP contribution in [-0.2, 0) is 7.05 Å². The van der Waals surface area contributed by atoms with Crippen molar-refractivity contribution in [2.24, 2.45) is 7.05 Å². The third-order valence-electron chi connectivity index (χ3n) is 5.46. The number of aromatic amines is 1. The molecular formula is C21H23F2N7. The van der Waals surface area contributed by atoms with Crippen LogP contribution in [0.25, 0.3) is 21.8 Å². The molecule has 0 aliphatic carbocycles. The largest absolute Gasteiger partial charge is 0.368 e. The smallest absolute Gasteiger partial charge is 0.163 e. The second kappa shape index (κ2) is 6.94. The Morgan fingerprint density at radius 1 is 1.07 bits per heavy atom. The first kappa shape index (κ1) is 18.8. The molecule has 4 aromatic rings. The lowest BCUT2D eigenvalue weighted by molar-refractivity contribution is 0.407. The minimum Gasteiger partial charge on any atom is -0.368 e. The van der Waals surface area contributed by atoms with E-state index >= 15 is 4.39 Å². The molecule has 2 aromatic heterocycles. The normalized spacial score (nSPS) is 19.7. The fourth-order valence-electron chi connectivity index (χ4n) is 4.32. The highest BCUT2D eigenvalue weighted by Gasteiger charge is 2.23. The van der Waals surface area contributed by atoms with Gasteiger partial charge in [-0.3, -0.25) is 9.78 Å². The molecule has 9 heteroatoms. The van der Waals surface area contributed by atoms with Crippen LogP contribution in [0, 0.1) is 11.6 Å². The van der Waals surface area contributed by atoms with Gasteiger partial charge >= 0.3 is 0 Å². The van der Waals surface area contributed by atoms with Crippen molar-refractivity contribution < 1.29 is 8.78 Å². The summed E-state index contributed by atoms with van der Waals surface area (Å²) < 4.78 is 31.0. The van der Waals surface area contributed by atoms with Crippen molar-refractivity contribution in [3.8, 4) is 0 Å². The number of nitrogens with one attached hydrogen (secondary N) is 3. The fourth-order valence-corrected chi connectivity index (χ4v) is 4.32. The topological polar surface area (TPSA) is 73.8 Å². The van der Waals surface area contributed by atoms with Crippen LogP contribution in [-0.4, -0.2) is 45.2 Å². The van der Waals surface area contributed by atoms with E-state index in [1.54, 1.807) is 30.1 Å². The molecule has 156 valence electrons. The Bertz CT molecular complexity index is 1240. The summed E-state index contributed by atoms with van der Waals surface area (Å²) in [7, 11) is 1.74. The number of fused-ring (bicyclic) bond motifs is 2. The standard InChI is InChI=1S/C21H23F2N7/c1-11-8-30(9-12(2)24-11)15-6-16(22)19-18(7-15)26-27-21(19)25-14-4-13-10-29(3)28-20(13)17(23)5-14/h4-7,10-12,24H,8-9H2,1-3H3,(H2,25,26,27)/t11-,12-/m1/s1. The molecule has 1 aliphatic heterocycles. The summed E-state index contributed by atoms with van der Waals surface area (Å²) in [6, 6.07) is 7.20. The molecule has 0 amide bonds. The van der Waals surface area contributed by atoms with E-state index in [-0.39, 0.29) is 5.82 Å². The minimum atomic E-state index is -0.444. The molecule has 0 unspecified atom stereocenters. The van der Waals surface area contributed by atoms with Crippen molar-refractivity contribution in [3.05, 3.63) is 42.1 Å². The number of benzene rings is 2. The van der Waals surface area contributed by atoms with E-state index < -0.39 is 5.82 Å². The fraction of sp³-hybridized carbons (Fsp3) is 0.333. The van der Waals surface area contributed by atoms with Gasteiger partial charge in [-0.1, -0.05) is 0 Å². The second-order valence-electron chi connectivity index (χ2n) is 8.12. The second-order valence-corrected chi connectivity index (χ2v) is 8.12. The molecule has 5 rings (SSSR count). The first-order valence-corrected chi connectivity index (χ1v) is 9.96. The molecule has 0 bridgehead atoms. The van der Waals surface area contributed by atoms with Crippen molar-refractivity contribution in [1.82, 2.24) is 25.3 Å². The van der Waals surface area contributed by atoms with Gasteiger partial charge in [0.15, 0.2) is 11.6 Å². The zero-order chi connectivity index (χ0) is 21.0. The van der Waals surface area contributed by atoms with E-state index in [1.165, 1.54) is 6.07 Å². The van der Waals surface area contributed by atoms with Crippen LogP contribution < -0.4 is 15.5 Å². The molecule has 1 fully saturated rings. The molecular weight excluding hydrogens is 388 g/mol. The van der Waals surface area contributed by atoms with E-state index in [0.717, 1.165) is 18.8 Å². The quantitative estimate of drug-likeness (QED) is 0.480. The number of H-pyrrole nitrogens is 1. The molecule has 2 atom stereocenters. The lowest BCUT2D eigenvalue weighted by Gasteiger charge is -2.37. The lowest BCUT2D eigenvalue weighted by atomic mass is 10.1. The number of rotatable bonds is 3. The van der Waals surface area contributed by atoms with Crippen LogP contribution in [0.1, 0.15) is 13.8 Å². The Labute approximate surface area is 172 Å². The van der Waals surface area contributed by atoms with Gasteiger partial charge in [0.05, 0.1) is 10.9 Å². The predicted octanol–water partition coefficient (Wildman–Crippen LogP) is 3.66. The van der Waals surface area contributed by atoms with E-state index in [9.17, 15) is 4.39 Å². The van der Waals surface area contributed by atoms with Crippen LogP contribution >= 0.6 is 0 Å². The number of piperazine rings is 1. The van der Waals surface area contributed by atoms with Crippen LogP contribution in [0.5, 0.6) is 0 Å².